The van der Waals surface area contributed by atoms with Crippen molar-refractivity contribution >= 4 is 5.91 Å². The predicted molar refractivity (Wildman–Crippen MR) is 97.3 cm³/mol. The molecule has 1 amide bonds. The maximum Gasteiger partial charge on any atom is 0.254 e. The van der Waals surface area contributed by atoms with Crippen molar-refractivity contribution < 1.29 is 9.90 Å². The predicted octanol–water partition coefficient (Wildman–Crippen LogP) is 2.78. The quantitative estimate of drug-likeness (QED) is 0.880. The first-order chi connectivity index (χ1) is 11.9. The van der Waals surface area contributed by atoms with Crippen LogP contribution in [0.15, 0.2) is 42.5 Å². The number of phenolic OH excluding ortho intramolecular Hbond substituents is 1. The van der Waals surface area contributed by atoms with E-state index in [0.717, 1.165) is 17.7 Å². The van der Waals surface area contributed by atoms with Gasteiger partial charge in [-0.1, -0.05) is 12.1 Å². The van der Waals surface area contributed by atoms with Gasteiger partial charge in [-0.05, 0) is 62.5 Å². The van der Waals surface area contributed by atoms with Crippen molar-refractivity contribution in [1.82, 2.24) is 9.80 Å². The Morgan fingerprint density at radius 3 is 2.52 bits per heavy atom. The fourth-order valence-electron chi connectivity index (χ4n) is 2.59. The summed E-state index contributed by atoms with van der Waals surface area (Å²) in [5.74, 6) is 0.110. The normalized spacial score (nSPS) is 10.5. The number of aryl methyl sites for hydroxylation is 1. The molecule has 2 rings (SSSR count). The number of hydrogen-bond donors (Lipinski definition) is 1. The molecule has 130 valence electrons. The zero-order valence-electron chi connectivity index (χ0n) is 14.9. The van der Waals surface area contributed by atoms with E-state index in [9.17, 15) is 9.90 Å². The summed E-state index contributed by atoms with van der Waals surface area (Å²) in [6.07, 6.45) is 0. The van der Waals surface area contributed by atoms with Gasteiger partial charge < -0.3 is 14.9 Å². The first-order valence-corrected chi connectivity index (χ1v) is 8.13. The van der Waals surface area contributed by atoms with Crippen LogP contribution >= 0.6 is 0 Å². The average molecular weight is 337 g/mol. The van der Waals surface area contributed by atoms with Gasteiger partial charge in [-0.3, -0.25) is 4.79 Å². The standard InChI is InChI=1S/C20H23N3O2/c1-15-11-16(13-21)7-8-19(15)20(25)23(10-9-22(2)3)14-17-5-4-6-18(24)12-17/h4-8,11-12,24H,9-10,14H2,1-3H3. The molecule has 0 heterocycles. The molecule has 0 atom stereocenters. The SMILES string of the molecule is Cc1cc(C#N)ccc1C(=O)N(CCN(C)C)Cc1cccc(O)c1. The number of amides is 1. The molecule has 0 aliphatic carbocycles. The second-order valence-electron chi connectivity index (χ2n) is 6.34. The van der Waals surface area contributed by atoms with Gasteiger partial charge in [0, 0.05) is 25.2 Å². The summed E-state index contributed by atoms with van der Waals surface area (Å²) in [7, 11) is 3.92. The summed E-state index contributed by atoms with van der Waals surface area (Å²) in [4.78, 5) is 16.8. The third-order valence-electron chi connectivity index (χ3n) is 3.97. The van der Waals surface area contributed by atoms with E-state index in [0.29, 0.717) is 24.2 Å². The van der Waals surface area contributed by atoms with Crippen molar-refractivity contribution in [1.29, 1.82) is 5.26 Å². The van der Waals surface area contributed by atoms with Gasteiger partial charge in [0.25, 0.3) is 5.91 Å². The minimum absolute atomic E-state index is 0.0767. The fourth-order valence-corrected chi connectivity index (χ4v) is 2.59. The van der Waals surface area contributed by atoms with Gasteiger partial charge in [0.1, 0.15) is 5.75 Å². The lowest BCUT2D eigenvalue weighted by Crippen LogP contribution is -2.36. The van der Waals surface area contributed by atoms with E-state index in [4.69, 9.17) is 5.26 Å². The van der Waals surface area contributed by atoms with Crippen LogP contribution in [0.3, 0.4) is 0 Å². The smallest absolute Gasteiger partial charge is 0.254 e. The Labute approximate surface area is 148 Å². The van der Waals surface area contributed by atoms with Crippen molar-refractivity contribution in [3.05, 3.63) is 64.7 Å². The number of nitriles is 1. The zero-order valence-corrected chi connectivity index (χ0v) is 14.9. The van der Waals surface area contributed by atoms with Crippen molar-refractivity contribution in [2.75, 3.05) is 27.2 Å². The average Bonchev–Trinajstić information content (AvgIpc) is 2.57. The van der Waals surface area contributed by atoms with Crippen molar-refractivity contribution in [3.63, 3.8) is 0 Å². The Balaban J connectivity index is 2.27. The molecule has 5 nitrogen and oxygen atoms in total. The van der Waals surface area contributed by atoms with Crippen LogP contribution < -0.4 is 0 Å². The number of carbonyl (C=O) groups excluding carboxylic acids is 1. The van der Waals surface area contributed by atoms with Gasteiger partial charge in [0.2, 0.25) is 0 Å². The molecule has 0 aliphatic rings. The van der Waals surface area contributed by atoms with Crippen LogP contribution in [0.2, 0.25) is 0 Å². The first-order valence-electron chi connectivity index (χ1n) is 8.13. The molecule has 0 aliphatic heterocycles. The van der Waals surface area contributed by atoms with E-state index >= 15 is 0 Å². The van der Waals surface area contributed by atoms with Gasteiger partial charge in [0.05, 0.1) is 11.6 Å². The molecule has 0 bridgehead atoms. The summed E-state index contributed by atoms with van der Waals surface area (Å²) in [5, 5.41) is 18.7. The highest BCUT2D eigenvalue weighted by molar-refractivity contribution is 5.95. The molecule has 0 spiro atoms. The number of benzene rings is 2. The number of carbonyl (C=O) groups is 1. The van der Waals surface area contributed by atoms with Gasteiger partial charge in [-0.15, -0.1) is 0 Å². The number of nitrogens with zero attached hydrogens (tertiary/aromatic N) is 3. The lowest BCUT2D eigenvalue weighted by molar-refractivity contribution is 0.0731. The highest BCUT2D eigenvalue weighted by atomic mass is 16.3. The maximum atomic E-state index is 13.0. The molecule has 0 saturated heterocycles. The van der Waals surface area contributed by atoms with Gasteiger partial charge in [0.15, 0.2) is 0 Å². The molecule has 0 saturated carbocycles. The monoisotopic (exact) mass is 337 g/mol. The molecule has 0 aromatic heterocycles. The number of aromatic hydroxyl groups is 1. The van der Waals surface area contributed by atoms with Crippen LogP contribution in [0.25, 0.3) is 0 Å². The minimum atomic E-state index is -0.0767. The molecule has 0 unspecified atom stereocenters. The van der Waals surface area contributed by atoms with Crippen LogP contribution in [0.4, 0.5) is 0 Å². The molecule has 2 aromatic rings. The lowest BCUT2D eigenvalue weighted by Gasteiger charge is -2.25. The number of phenols is 1. The van der Waals surface area contributed by atoms with E-state index < -0.39 is 0 Å². The summed E-state index contributed by atoms with van der Waals surface area (Å²) in [5.41, 5.74) is 2.80. The Hall–Kier alpha value is -2.84. The zero-order chi connectivity index (χ0) is 18.4. The summed E-state index contributed by atoms with van der Waals surface area (Å²) < 4.78 is 0. The molecule has 0 fully saturated rings. The highest BCUT2D eigenvalue weighted by Gasteiger charge is 2.18. The van der Waals surface area contributed by atoms with Crippen molar-refractivity contribution in [2.45, 2.75) is 13.5 Å². The molecule has 5 heteroatoms. The molecule has 0 radical (unpaired) electrons. The van der Waals surface area contributed by atoms with E-state index in [1.807, 2.05) is 32.0 Å². The van der Waals surface area contributed by atoms with E-state index in [2.05, 4.69) is 6.07 Å². The van der Waals surface area contributed by atoms with Crippen LogP contribution in [-0.2, 0) is 6.54 Å². The summed E-state index contributed by atoms with van der Waals surface area (Å²) in [6, 6.07) is 14.1. The fraction of sp³-hybridized carbons (Fsp3) is 0.300. The second kappa shape index (κ2) is 8.32. The molecule has 25 heavy (non-hydrogen) atoms. The number of hydrogen-bond acceptors (Lipinski definition) is 4. The van der Waals surface area contributed by atoms with E-state index in [-0.39, 0.29) is 11.7 Å². The van der Waals surface area contributed by atoms with E-state index in [1.165, 1.54) is 0 Å². The molecular weight excluding hydrogens is 314 g/mol. The van der Waals surface area contributed by atoms with Gasteiger partial charge in [-0.2, -0.15) is 5.26 Å². The van der Waals surface area contributed by atoms with Crippen LogP contribution in [0.5, 0.6) is 5.75 Å². The number of likely N-dealkylation sites (N-methyl/N-ethyl adjacent to an activating group) is 1. The van der Waals surface area contributed by atoms with Crippen LogP contribution in [0.1, 0.15) is 27.0 Å². The minimum Gasteiger partial charge on any atom is -0.508 e. The maximum absolute atomic E-state index is 13.0. The summed E-state index contributed by atoms with van der Waals surface area (Å²) >= 11 is 0. The topological polar surface area (TPSA) is 67.6 Å². The van der Waals surface area contributed by atoms with Crippen molar-refractivity contribution in [3.8, 4) is 11.8 Å². The number of rotatable bonds is 6. The van der Waals surface area contributed by atoms with E-state index in [1.54, 1.807) is 41.3 Å². The Morgan fingerprint density at radius 1 is 1.16 bits per heavy atom. The Bertz CT molecular complexity index is 794. The third kappa shape index (κ3) is 5.07. The molecule has 2 aromatic carbocycles. The Morgan fingerprint density at radius 2 is 1.92 bits per heavy atom. The molecular formula is C20H23N3O2. The van der Waals surface area contributed by atoms with Gasteiger partial charge >= 0.3 is 0 Å². The van der Waals surface area contributed by atoms with Crippen LogP contribution in [0, 0.1) is 18.3 Å². The highest BCUT2D eigenvalue weighted by Crippen LogP contribution is 2.17. The lowest BCUT2D eigenvalue weighted by atomic mass is 10.0. The largest absolute Gasteiger partial charge is 0.508 e. The Kier molecular flexibility index (Phi) is 6.15. The first kappa shape index (κ1) is 18.5. The van der Waals surface area contributed by atoms with Crippen molar-refractivity contribution in [2.24, 2.45) is 0 Å². The van der Waals surface area contributed by atoms with Crippen LogP contribution in [-0.4, -0.2) is 48.0 Å². The second-order valence-corrected chi connectivity index (χ2v) is 6.34. The molecule has 1 N–H and O–H groups in total. The summed E-state index contributed by atoms with van der Waals surface area (Å²) in [6.45, 7) is 3.56. The third-order valence-corrected chi connectivity index (χ3v) is 3.97. The van der Waals surface area contributed by atoms with Gasteiger partial charge in [-0.25, -0.2) is 0 Å².